The van der Waals surface area contributed by atoms with E-state index in [4.69, 9.17) is 4.74 Å². The molecule has 0 radical (unpaired) electrons. The number of ether oxygens (including phenoxy) is 1. The molecular formula is C12H10N2O4. The molecule has 0 aliphatic heterocycles. The minimum Gasteiger partial charge on any atom is -0.463 e. The van der Waals surface area contributed by atoms with Gasteiger partial charge in [-0.3, -0.25) is 14.9 Å². The molecule has 2 aromatic rings. The fraction of sp³-hybridized carbons (Fsp3) is 0.0833. The highest BCUT2D eigenvalue weighted by molar-refractivity contribution is 5.85. The molecule has 0 amide bonds. The summed E-state index contributed by atoms with van der Waals surface area (Å²) in [6.45, 7) is 0.510. The van der Waals surface area contributed by atoms with E-state index in [1.165, 1.54) is 6.08 Å². The van der Waals surface area contributed by atoms with Crippen LogP contribution in [-0.2, 0) is 16.1 Å². The van der Waals surface area contributed by atoms with Gasteiger partial charge in [-0.05, 0) is 29.3 Å². The lowest BCUT2D eigenvalue weighted by Crippen LogP contribution is -1.92. The Kier molecular flexibility index (Phi) is 3.38. The number of nitro groups is 1. The maximum atomic E-state index is 10.3. The summed E-state index contributed by atoms with van der Waals surface area (Å²) < 4.78 is 4.73. The van der Waals surface area contributed by atoms with E-state index in [1.54, 1.807) is 18.3 Å². The zero-order chi connectivity index (χ0) is 13.0. The van der Waals surface area contributed by atoms with E-state index < -0.39 is 4.92 Å². The SMILES string of the molecule is O=COCc1cc(/C=C/[N+](=O)[O-])cc2[nH]ccc12. The first-order chi connectivity index (χ1) is 8.70. The Morgan fingerprint density at radius 3 is 3.00 bits per heavy atom. The van der Waals surface area contributed by atoms with Crippen molar-refractivity contribution in [2.75, 3.05) is 0 Å². The minimum atomic E-state index is -0.527. The molecule has 0 atom stereocenters. The number of carbonyl (C=O) groups is 1. The lowest BCUT2D eigenvalue weighted by molar-refractivity contribution is -0.400. The molecule has 0 saturated carbocycles. The second-order valence-corrected chi connectivity index (χ2v) is 3.63. The molecule has 0 aliphatic rings. The zero-order valence-corrected chi connectivity index (χ0v) is 9.33. The molecule has 1 aromatic carbocycles. The van der Waals surface area contributed by atoms with E-state index in [-0.39, 0.29) is 6.61 Å². The quantitative estimate of drug-likeness (QED) is 0.497. The number of aromatic amines is 1. The molecule has 0 bridgehead atoms. The number of aromatic nitrogens is 1. The topological polar surface area (TPSA) is 85.2 Å². The van der Waals surface area contributed by atoms with E-state index in [0.29, 0.717) is 12.0 Å². The Labute approximate surface area is 102 Å². The maximum absolute atomic E-state index is 10.3. The molecule has 0 saturated heterocycles. The summed E-state index contributed by atoms with van der Waals surface area (Å²) in [5.74, 6) is 0. The average Bonchev–Trinajstić information content (AvgIpc) is 2.81. The summed E-state index contributed by atoms with van der Waals surface area (Å²) in [5.41, 5.74) is 2.31. The predicted octanol–water partition coefficient (Wildman–Crippen LogP) is 2.09. The van der Waals surface area contributed by atoms with E-state index >= 15 is 0 Å². The van der Waals surface area contributed by atoms with E-state index in [9.17, 15) is 14.9 Å². The number of rotatable bonds is 5. The summed E-state index contributed by atoms with van der Waals surface area (Å²) in [4.78, 5) is 23.0. The number of hydrogen-bond donors (Lipinski definition) is 1. The van der Waals surface area contributed by atoms with Gasteiger partial charge < -0.3 is 9.72 Å². The monoisotopic (exact) mass is 246 g/mol. The number of nitrogens with one attached hydrogen (secondary N) is 1. The van der Waals surface area contributed by atoms with Gasteiger partial charge in [-0.1, -0.05) is 0 Å². The van der Waals surface area contributed by atoms with Crippen LogP contribution >= 0.6 is 0 Å². The van der Waals surface area contributed by atoms with Gasteiger partial charge in [0.1, 0.15) is 6.61 Å². The molecule has 1 N–H and O–H groups in total. The molecule has 6 nitrogen and oxygen atoms in total. The number of carbonyl (C=O) groups excluding carboxylic acids is 1. The predicted molar refractivity (Wildman–Crippen MR) is 65.2 cm³/mol. The zero-order valence-electron chi connectivity index (χ0n) is 9.33. The molecular weight excluding hydrogens is 236 g/mol. The first-order valence-electron chi connectivity index (χ1n) is 5.17. The smallest absolute Gasteiger partial charge is 0.293 e. The number of H-pyrrole nitrogens is 1. The summed E-state index contributed by atoms with van der Waals surface area (Å²) in [6.07, 6.45) is 4.02. The third-order valence-electron chi connectivity index (χ3n) is 2.47. The van der Waals surface area contributed by atoms with Crippen molar-refractivity contribution >= 4 is 23.5 Å². The highest BCUT2D eigenvalue weighted by Crippen LogP contribution is 2.21. The number of nitrogens with zero attached hydrogens (tertiary/aromatic N) is 1. The van der Waals surface area contributed by atoms with Crippen molar-refractivity contribution in [3.63, 3.8) is 0 Å². The summed E-state index contributed by atoms with van der Waals surface area (Å²) in [7, 11) is 0. The van der Waals surface area contributed by atoms with Crippen LogP contribution in [0, 0.1) is 10.1 Å². The van der Waals surface area contributed by atoms with Crippen LogP contribution in [0.3, 0.4) is 0 Å². The van der Waals surface area contributed by atoms with Crippen LogP contribution in [0.1, 0.15) is 11.1 Å². The van der Waals surface area contributed by atoms with Crippen molar-refractivity contribution in [3.8, 4) is 0 Å². The van der Waals surface area contributed by atoms with Gasteiger partial charge in [-0.25, -0.2) is 0 Å². The molecule has 0 fully saturated rings. The molecule has 0 spiro atoms. The van der Waals surface area contributed by atoms with Crippen LogP contribution in [0.25, 0.3) is 17.0 Å². The standard InChI is InChI=1S/C12H10N2O4/c15-8-18-7-10-5-9(2-4-14(16)17)6-12-11(10)1-3-13-12/h1-6,8,13H,7H2/b4-2+. The lowest BCUT2D eigenvalue weighted by atomic mass is 10.1. The molecule has 1 aromatic heterocycles. The van der Waals surface area contributed by atoms with Crippen LogP contribution in [0.4, 0.5) is 0 Å². The first-order valence-corrected chi connectivity index (χ1v) is 5.17. The Balaban J connectivity index is 2.42. The number of fused-ring (bicyclic) bond motifs is 1. The minimum absolute atomic E-state index is 0.137. The highest BCUT2D eigenvalue weighted by Gasteiger charge is 2.05. The highest BCUT2D eigenvalue weighted by atomic mass is 16.6. The van der Waals surface area contributed by atoms with Crippen molar-refractivity contribution in [1.82, 2.24) is 4.98 Å². The lowest BCUT2D eigenvalue weighted by Gasteiger charge is -2.03. The van der Waals surface area contributed by atoms with E-state index in [2.05, 4.69) is 4.98 Å². The van der Waals surface area contributed by atoms with Crippen molar-refractivity contribution < 1.29 is 14.5 Å². The third-order valence-corrected chi connectivity index (χ3v) is 2.47. The molecule has 1 heterocycles. The van der Waals surface area contributed by atoms with Gasteiger partial charge in [0.25, 0.3) is 6.47 Å². The van der Waals surface area contributed by atoms with Gasteiger partial charge >= 0.3 is 0 Å². The fourth-order valence-corrected chi connectivity index (χ4v) is 1.76. The molecule has 0 aliphatic carbocycles. The van der Waals surface area contributed by atoms with Gasteiger partial charge in [0.05, 0.1) is 4.92 Å². The summed E-state index contributed by atoms with van der Waals surface area (Å²) in [5, 5.41) is 11.2. The summed E-state index contributed by atoms with van der Waals surface area (Å²) in [6, 6.07) is 5.40. The average molecular weight is 246 g/mol. The van der Waals surface area contributed by atoms with E-state index in [0.717, 1.165) is 22.7 Å². The van der Waals surface area contributed by atoms with Gasteiger partial charge in [0, 0.05) is 23.2 Å². The number of hydrogen-bond acceptors (Lipinski definition) is 4. The van der Waals surface area contributed by atoms with Gasteiger partial charge in [0.2, 0.25) is 6.20 Å². The van der Waals surface area contributed by atoms with Crippen molar-refractivity contribution in [2.45, 2.75) is 6.61 Å². The normalized spacial score (nSPS) is 10.9. The molecule has 18 heavy (non-hydrogen) atoms. The second-order valence-electron chi connectivity index (χ2n) is 3.63. The van der Waals surface area contributed by atoms with Gasteiger partial charge in [-0.15, -0.1) is 0 Å². The van der Waals surface area contributed by atoms with Crippen LogP contribution in [0.5, 0.6) is 0 Å². The first kappa shape index (κ1) is 11.8. The third kappa shape index (κ3) is 2.54. The van der Waals surface area contributed by atoms with Crippen LogP contribution in [0.2, 0.25) is 0 Å². The molecule has 92 valence electrons. The Morgan fingerprint density at radius 1 is 1.44 bits per heavy atom. The van der Waals surface area contributed by atoms with Gasteiger partial charge in [-0.2, -0.15) is 0 Å². The Hall–Kier alpha value is -2.63. The van der Waals surface area contributed by atoms with Crippen LogP contribution in [0.15, 0.2) is 30.6 Å². The Morgan fingerprint density at radius 2 is 2.28 bits per heavy atom. The number of benzene rings is 1. The molecule has 6 heteroatoms. The van der Waals surface area contributed by atoms with Gasteiger partial charge in [0.15, 0.2) is 0 Å². The van der Waals surface area contributed by atoms with Crippen LogP contribution in [-0.4, -0.2) is 16.4 Å². The van der Waals surface area contributed by atoms with Crippen molar-refractivity contribution in [2.24, 2.45) is 0 Å². The van der Waals surface area contributed by atoms with Crippen molar-refractivity contribution in [1.29, 1.82) is 0 Å². The van der Waals surface area contributed by atoms with Crippen LogP contribution < -0.4 is 0 Å². The van der Waals surface area contributed by atoms with Crippen molar-refractivity contribution in [3.05, 3.63) is 51.8 Å². The second kappa shape index (κ2) is 5.13. The maximum Gasteiger partial charge on any atom is 0.293 e. The summed E-state index contributed by atoms with van der Waals surface area (Å²) >= 11 is 0. The molecule has 0 unspecified atom stereocenters. The fourth-order valence-electron chi connectivity index (χ4n) is 1.76. The Bertz CT molecular complexity index is 616. The van der Waals surface area contributed by atoms with E-state index in [1.807, 2.05) is 6.07 Å². The largest absolute Gasteiger partial charge is 0.463 e. The molecule has 2 rings (SSSR count).